The van der Waals surface area contributed by atoms with Crippen molar-refractivity contribution in [3.8, 4) is 0 Å². The van der Waals surface area contributed by atoms with Crippen LogP contribution in [0.2, 0.25) is 0 Å². The predicted molar refractivity (Wildman–Crippen MR) is 150 cm³/mol. The van der Waals surface area contributed by atoms with Crippen LogP contribution in [-0.4, -0.2) is 46.5 Å². The minimum absolute atomic E-state index is 0.228. The summed E-state index contributed by atoms with van der Waals surface area (Å²) in [5, 5.41) is 5.77. The van der Waals surface area contributed by atoms with E-state index in [1.54, 1.807) is 32.6 Å². The van der Waals surface area contributed by atoms with E-state index in [-0.39, 0.29) is 11.8 Å². The lowest BCUT2D eigenvalue weighted by molar-refractivity contribution is -0.143. The van der Waals surface area contributed by atoms with Gasteiger partial charge < -0.3 is 20.3 Å². The molecule has 0 saturated carbocycles. The smallest absolute Gasteiger partial charge is 0.408 e. The molecule has 3 amide bonds. The maximum Gasteiger partial charge on any atom is 0.408 e. The first-order valence-corrected chi connectivity index (χ1v) is 13.8. The summed E-state index contributed by atoms with van der Waals surface area (Å²) in [6.45, 7) is 19.3. The Hall–Kier alpha value is -2.57. The molecular weight excluding hydrogens is 466 g/mol. The normalized spacial score (nSPS) is 13.5. The van der Waals surface area contributed by atoms with Gasteiger partial charge >= 0.3 is 6.09 Å². The first kappa shape index (κ1) is 32.5. The number of carbonyl (C=O) groups excluding carboxylic acids is 3. The van der Waals surface area contributed by atoms with Crippen LogP contribution in [0.4, 0.5) is 4.79 Å². The SMILES string of the molecule is CCCCCCCCN(C(=O)C(C)NC(=O)OC(C)(C)C)C(C(=O)NC(C)(C)C)c1c(C)cccc1C. The summed E-state index contributed by atoms with van der Waals surface area (Å²) in [6.07, 6.45) is 5.70. The summed E-state index contributed by atoms with van der Waals surface area (Å²) >= 11 is 0. The van der Waals surface area contributed by atoms with Crippen molar-refractivity contribution >= 4 is 17.9 Å². The molecule has 0 saturated heterocycles. The number of rotatable bonds is 12. The highest BCUT2D eigenvalue weighted by molar-refractivity contribution is 5.92. The minimum atomic E-state index is -0.857. The zero-order chi connectivity index (χ0) is 28.4. The van der Waals surface area contributed by atoms with Gasteiger partial charge in [-0.2, -0.15) is 0 Å². The second-order valence-corrected chi connectivity index (χ2v) is 12.1. The molecule has 0 fully saturated rings. The number of ether oxygens (including phenoxy) is 1. The molecule has 0 heterocycles. The van der Waals surface area contributed by atoms with E-state index in [4.69, 9.17) is 4.74 Å². The van der Waals surface area contributed by atoms with E-state index in [0.29, 0.717) is 6.54 Å². The summed E-state index contributed by atoms with van der Waals surface area (Å²) in [7, 11) is 0. The van der Waals surface area contributed by atoms with Gasteiger partial charge in [-0.3, -0.25) is 9.59 Å². The highest BCUT2D eigenvalue weighted by Gasteiger charge is 2.37. The molecule has 1 rings (SSSR count). The highest BCUT2D eigenvalue weighted by atomic mass is 16.6. The molecule has 0 bridgehead atoms. The lowest BCUT2D eigenvalue weighted by Gasteiger charge is -2.36. The number of carbonyl (C=O) groups is 3. The van der Waals surface area contributed by atoms with Crippen molar-refractivity contribution in [1.29, 1.82) is 0 Å². The maximum absolute atomic E-state index is 13.9. The maximum atomic E-state index is 13.9. The predicted octanol–water partition coefficient (Wildman–Crippen LogP) is 6.36. The molecule has 210 valence electrons. The number of hydrogen-bond donors (Lipinski definition) is 2. The molecule has 0 radical (unpaired) electrons. The fourth-order valence-corrected chi connectivity index (χ4v) is 4.35. The molecular formula is C30H51N3O4. The van der Waals surface area contributed by atoms with Gasteiger partial charge in [-0.15, -0.1) is 0 Å². The number of aryl methyl sites for hydroxylation is 2. The molecule has 7 nitrogen and oxygen atoms in total. The summed E-state index contributed by atoms with van der Waals surface area (Å²) in [5.74, 6) is -0.537. The lowest BCUT2D eigenvalue weighted by atomic mass is 9.92. The average molecular weight is 518 g/mol. The summed E-state index contributed by atoms with van der Waals surface area (Å²) in [5.41, 5.74) is 1.57. The molecule has 0 aliphatic rings. The molecule has 0 spiro atoms. The van der Waals surface area contributed by atoms with Gasteiger partial charge in [0.1, 0.15) is 17.7 Å². The number of benzene rings is 1. The Bertz CT molecular complexity index is 879. The van der Waals surface area contributed by atoms with Crippen LogP contribution in [0, 0.1) is 13.8 Å². The second-order valence-electron chi connectivity index (χ2n) is 12.1. The van der Waals surface area contributed by atoms with Gasteiger partial charge in [-0.05, 0) is 85.4 Å². The number of nitrogens with one attached hydrogen (secondary N) is 2. The molecule has 0 aliphatic carbocycles. The third-order valence-electron chi connectivity index (χ3n) is 6.01. The Morgan fingerprint density at radius 3 is 1.97 bits per heavy atom. The largest absolute Gasteiger partial charge is 0.444 e. The van der Waals surface area contributed by atoms with Crippen LogP contribution in [0.3, 0.4) is 0 Å². The van der Waals surface area contributed by atoms with Gasteiger partial charge in [0.25, 0.3) is 0 Å². The molecule has 2 unspecified atom stereocenters. The molecule has 1 aromatic carbocycles. The van der Waals surface area contributed by atoms with Crippen LogP contribution in [0.5, 0.6) is 0 Å². The molecule has 7 heteroatoms. The monoisotopic (exact) mass is 517 g/mol. The van der Waals surface area contributed by atoms with Crippen LogP contribution in [0.1, 0.15) is 117 Å². The molecule has 0 aliphatic heterocycles. The van der Waals surface area contributed by atoms with Crippen molar-refractivity contribution in [1.82, 2.24) is 15.5 Å². The fourth-order valence-electron chi connectivity index (χ4n) is 4.35. The van der Waals surface area contributed by atoms with Gasteiger partial charge in [0, 0.05) is 12.1 Å². The Balaban J connectivity index is 3.39. The lowest BCUT2D eigenvalue weighted by Crippen LogP contribution is -2.54. The van der Waals surface area contributed by atoms with E-state index in [0.717, 1.165) is 42.4 Å². The van der Waals surface area contributed by atoms with Crippen molar-refractivity contribution in [3.63, 3.8) is 0 Å². The average Bonchev–Trinajstić information content (AvgIpc) is 2.73. The number of hydrogen-bond acceptors (Lipinski definition) is 4. The van der Waals surface area contributed by atoms with Crippen molar-refractivity contribution in [2.45, 2.75) is 131 Å². The van der Waals surface area contributed by atoms with Gasteiger partial charge in [-0.1, -0.05) is 57.2 Å². The summed E-state index contributed by atoms with van der Waals surface area (Å²) in [6, 6.07) is 4.22. The molecule has 37 heavy (non-hydrogen) atoms. The van der Waals surface area contributed by atoms with Gasteiger partial charge in [0.05, 0.1) is 0 Å². The number of alkyl carbamates (subject to hydrolysis) is 1. The van der Waals surface area contributed by atoms with Crippen LogP contribution < -0.4 is 10.6 Å². The Morgan fingerprint density at radius 2 is 1.46 bits per heavy atom. The first-order chi connectivity index (χ1) is 17.1. The van der Waals surface area contributed by atoms with E-state index < -0.39 is 29.3 Å². The van der Waals surface area contributed by atoms with Gasteiger partial charge in [-0.25, -0.2) is 4.79 Å². The van der Waals surface area contributed by atoms with Crippen LogP contribution in [0.25, 0.3) is 0 Å². The van der Waals surface area contributed by atoms with Crippen molar-refractivity contribution in [3.05, 3.63) is 34.9 Å². The first-order valence-electron chi connectivity index (χ1n) is 13.8. The quantitative estimate of drug-likeness (QED) is 0.316. The Morgan fingerprint density at radius 1 is 0.919 bits per heavy atom. The van der Waals surface area contributed by atoms with E-state index in [9.17, 15) is 14.4 Å². The topological polar surface area (TPSA) is 87.7 Å². The standard InChI is InChI=1S/C30H51N3O4/c1-11-12-13-14-15-16-20-33(27(35)23(4)31-28(36)37-30(8,9)10)25(26(34)32-29(5,6)7)24-21(2)18-17-19-22(24)3/h17-19,23,25H,11-16,20H2,1-10H3,(H,31,36)(H,32,34). The third kappa shape index (κ3) is 11.6. The van der Waals surface area contributed by atoms with E-state index in [1.165, 1.54) is 12.8 Å². The van der Waals surface area contributed by atoms with Crippen molar-refractivity contribution in [2.75, 3.05) is 6.54 Å². The Labute approximate surface area is 225 Å². The molecule has 2 N–H and O–H groups in total. The van der Waals surface area contributed by atoms with Crippen molar-refractivity contribution < 1.29 is 19.1 Å². The number of amides is 3. The van der Waals surface area contributed by atoms with Gasteiger partial charge in [0.15, 0.2) is 0 Å². The fraction of sp³-hybridized carbons (Fsp3) is 0.700. The second kappa shape index (κ2) is 14.4. The highest BCUT2D eigenvalue weighted by Crippen LogP contribution is 2.29. The zero-order valence-electron chi connectivity index (χ0n) is 24.9. The molecule has 2 atom stereocenters. The minimum Gasteiger partial charge on any atom is -0.444 e. The van der Waals surface area contributed by atoms with Gasteiger partial charge in [0.2, 0.25) is 11.8 Å². The van der Waals surface area contributed by atoms with E-state index >= 15 is 0 Å². The van der Waals surface area contributed by atoms with Crippen LogP contribution >= 0.6 is 0 Å². The Kier molecular flexibility index (Phi) is 12.6. The van der Waals surface area contributed by atoms with E-state index in [1.807, 2.05) is 52.8 Å². The summed E-state index contributed by atoms with van der Waals surface area (Å²) in [4.78, 5) is 41.8. The van der Waals surface area contributed by atoms with Crippen LogP contribution in [-0.2, 0) is 14.3 Å². The summed E-state index contributed by atoms with van der Waals surface area (Å²) < 4.78 is 5.37. The third-order valence-corrected chi connectivity index (χ3v) is 6.01. The number of nitrogens with zero attached hydrogens (tertiary/aromatic N) is 1. The number of unbranched alkanes of at least 4 members (excludes halogenated alkanes) is 5. The van der Waals surface area contributed by atoms with Crippen LogP contribution in [0.15, 0.2) is 18.2 Å². The zero-order valence-corrected chi connectivity index (χ0v) is 24.9. The van der Waals surface area contributed by atoms with E-state index in [2.05, 4.69) is 17.6 Å². The molecule has 1 aromatic rings. The van der Waals surface area contributed by atoms with Crippen molar-refractivity contribution in [2.24, 2.45) is 0 Å². The molecule has 0 aromatic heterocycles.